The molecule has 1 aliphatic heterocycles. The SMILES string of the molecule is O=Cc1cccc(C2N=NN=N2)c1. The van der Waals surface area contributed by atoms with E-state index >= 15 is 0 Å². The van der Waals surface area contributed by atoms with Gasteiger partial charge in [0.1, 0.15) is 6.29 Å². The minimum absolute atomic E-state index is 0.375. The van der Waals surface area contributed by atoms with Crippen molar-refractivity contribution in [1.29, 1.82) is 0 Å². The summed E-state index contributed by atoms with van der Waals surface area (Å²) in [5.41, 5.74) is 1.43. The standard InChI is InChI=1S/C8H6N4O/c13-5-6-2-1-3-7(4-6)8-9-11-12-10-8/h1-5,8H. The molecule has 0 bridgehead atoms. The molecule has 1 aromatic carbocycles. The first-order valence-electron chi connectivity index (χ1n) is 3.75. The second-order valence-corrected chi connectivity index (χ2v) is 2.57. The van der Waals surface area contributed by atoms with E-state index in [9.17, 15) is 4.79 Å². The van der Waals surface area contributed by atoms with Crippen LogP contribution in [-0.2, 0) is 0 Å². The predicted molar refractivity (Wildman–Crippen MR) is 44.3 cm³/mol. The molecule has 1 heterocycles. The number of rotatable bonds is 2. The summed E-state index contributed by atoms with van der Waals surface area (Å²) in [5.74, 6) is 0. The first-order chi connectivity index (χ1) is 6.40. The van der Waals surface area contributed by atoms with E-state index in [1.165, 1.54) is 0 Å². The summed E-state index contributed by atoms with van der Waals surface area (Å²) in [7, 11) is 0. The van der Waals surface area contributed by atoms with Gasteiger partial charge in [-0.2, -0.15) is 0 Å². The third kappa shape index (κ3) is 1.48. The van der Waals surface area contributed by atoms with E-state index in [2.05, 4.69) is 20.7 Å². The lowest BCUT2D eigenvalue weighted by molar-refractivity contribution is 0.112. The van der Waals surface area contributed by atoms with Gasteiger partial charge in [-0.05, 0) is 16.5 Å². The summed E-state index contributed by atoms with van der Waals surface area (Å²) in [6, 6.07) is 7.06. The molecule has 0 spiro atoms. The van der Waals surface area contributed by atoms with E-state index in [1.54, 1.807) is 18.2 Å². The molecule has 0 aliphatic carbocycles. The van der Waals surface area contributed by atoms with Gasteiger partial charge in [-0.15, -0.1) is 10.2 Å². The van der Waals surface area contributed by atoms with Crippen LogP contribution in [0.3, 0.4) is 0 Å². The maximum absolute atomic E-state index is 10.5. The van der Waals surface area contributed by atoms with Crippen molar-refractivity contribution in [3.05, 3.63) is 35.4 Å². The van der Waals surface area contributed by atoms with Crippen molar-refractivity contribution in [2.75, 3.05) is 0 Å². The van der Waals surface area contributed by atoms with Gasteiger partial charge in [-0.25, -0.2) is 0 Å². The summed E-state index contributed by atoms with van der Waals surface area (Å²) in [6.45, 7) is 0. The van der Waals surface area contributed by atoms with Gasteiger partial charge in [0.05, 0.1) is 0 Å². The third-order valence-electron chi connectivity index (χ3n) is 1.71. The number of aldehydes is 1. The Bertz CT molecular complexity index is 373. The van der Waals surface area contributed by atoms with Crippen LogP contribution in [0.5, 0.6) is 0 Å². The van der Waals surface area contributed by atoms with Crippen LogP contribution in [-0.4, -0.2) is 6.29 Å². The molecule has 0 aromatic heterocycles. The topological polar surface area (TPSA) is 66.5 Å². The summed E-state index contributed by atoms with van der Waals surface area (Å²) in [5, 5.41) is 14.3. The van der Waals surface area contributed by atoms with Crippen LogP contribution in [0, 0.1) is 0 Å². The number of carbonyl (C=O) groups is 1. The van der Waals surface area contributed by atoms with E-state index in [1.807, 2.05) is 6.07 Å². The van der Waals surface area contributed by atoms with Crippen molar-refractivity contribution in [2.24, 2.45) is 20.7 Å². The van der Waals surface area contributed by atoms with Gasteiger partial charge in [0.15, 0.2) is 0 Å². The highest BCUT2D eigenvalue weighted by Crippen LogP contribution is 2.23. The predicted octanol–water partition coefficient (Wildman–Crippen LogP) is 2.33. The normalized spacial score (nSPS) is 15.1. The minimum Gasteiger partial charge on any atom is -0.298 e. The molecule has 0 fully saturated rings. The molecule has 0 unspecified atom stereocenters. The first kappa shape index (κ1) is 7.72. The lowest BCUT2D eigenvalue weighted by atomic mass is 10.1. The molecule has 0 N–H and O–H groups in total. The molecular weight excluding hydrogens is 168 g/mol. The fourth-order valence-electron chi connectivity index (χ4n) is 1.09. The minimum atomic E-state index is -0.375. The maximum Gasteiger partial charge on any atom is 0.210 e. The Morgan fingerprint density at radius 1 is 1.23 bits per heavy atom. The van der Waals surface area contributed by atoms with Crippen LogP contribution >= 0.6 is 0 Å². The number of hydrogen-bond acceptors (Lipinski definition) is 5. The van der Waals surface area contributed by atoms with Crippen LogP contribution in [0.4, 0.5) is 0 Å². The van der Waals surface area contributed by atoms with Crippen molar-refractivity contribution < 1.29 is 4.79 Å². The highest BCUT2D eigenvalue weighted by molar-refractivity contribution is 5.74. The first-order valence-corrected chi connectivity index (χ1v) is 3.75. The van der Waals surface area contributed by atoms with Crippen LogP contribution in [0.1, 0.15) is 22.1 Å². The Balaban J connectivity index is 2.34. The van der Waals surface area contributed by atoms with Gasteiger partial charge >= 0.3 is 0 Å². The van der Waals surface area contributed by atoms with E-state index < -0.39 is 0 Å². The Hall–Kier alpha value is -1.91. The molecule has 5 heteroatoms. The van der Waals surface area contributed by atoms with Crippen molar-refractivity contribution in [3.63, 3.8) is 0 Å². The van der Waals surface area contributed by atoms with E-state index in [0.717, 1.165) is 11.8 Å². The Kier molecular flexibility index (Phi) is 1.91. The largest absolute Gasteiger partial charge is 0.298 e. The van der Waals surface area contributed by atoms with Crippen molar-refractivity contribution in [2.45, 2.75) is 6.17 Å². The third-order valence-corrected chi connectivity index (χ3v) is 1.71. The van der Waals surface area contributed by atoms with Crippen molar-refractivity contribution in [1.82, 2.24) is 0 Å². The molecule has 0 saturated carbocycles. The molecule has 0 saturated heterocycles. The van der Waals surface area contributed by atoms with E-state index in [0.29, 0.717) is 5.56 Å². The highest BCUT2D eigenvalue weighted by atomic mass is 16.1. The number of hydrogen-bond donors (Lipinski definition) is 0. The molecule has 0 amide bonds. The number of nitrogens with zero attached hydrogens (tertiary/aromatic N) is 4. The zero-order valence-electron chi connectivity index (χ0n) is 6.66. The number of carbonyl (C=O) groups excluding carboxylic acids is 1. The zero-order chi connectivity index (χ0) is 9.10. The van der Waals surface area contributed by atoms with Gasteiger partial charge in [0.25, 0.3) is 0 Å². The molecule has 5 nitrogen and oxygen atoms in total. The van der Waals surface area contributed by atoms with Gasteiger partial charge in [-0.1, -0.05) is 18.2 Å². The smallest absolute Gasteiger partial charge is 0.210 e. The fourth-order valence-corrected chi connectivity index (χ4v) is 1.09. The highest BCUT2D eigenvalue weighted by Gasteiger charge is 2.12. The maximum atomic E-state index is 10.5. The Morgan fingerprint density at radius 3 is 2.69 bits per heavy atom. The Labute approximate surface area is 74.2 Å². The average molecular weight is 174 g/mol. The molecule has 1 aliphatic rings. The quantitative estimate of drug-likeness (QED) is 0.634. The van der Waals surface area contributed by atoms with Gasteiger partial charge in [0, 0.05) is 11.1 Å². The molecule has 0 radical (unpaired) electrons. The summed E-state index contributed by atoms with van der Waals surface area (Å²) >= 11 is 0. The van der Waals surface area contributed by atoms with E-state index in [4.69, 9.17) is 0 Å². The second-order valence-electron chi connectivity index (χ2n) is 2.57. The van der Waals surface area contributed by atoms with Crippen LogP contribution in [0.2, 0.25) is 0 Å². The molecule has 64 valence electrons. The Morgan fingerprint density at radius 2 is 2.00 bits per heavy atom. The van der Waals surface area contributed by atoms with Gasteiger partial charge in [0.2, 0.25) is 6.17 Å². The van der Waals surface area contributed by atoms with Crippen LogP contribution in [0.15, 0.2) is 44.9 Å². The number of benzene rings is 1. The second kappa shape index (κ2) is 3.22. The van der Waals surface area contributed by atoms with Crippen molar-refractivity contribution in [3.8, 4) is 0 Å². The molecule has 13 heavy (non-hydrogen) atoms. The lowest BCUT2D eigenvalue weighted by Crippen LogP contribution is -1.89. The molecular formula is C8H6N4O. The molecule has 0 atom stereocenters. The summed E-state index contributed by atoms with van der Waals surface area (Å²) < 4.78 is 0. The monoisotopic (exact) mass is 174 g/mol. The van der Waals surface area contributed by atoms with Crippen LogP contribution < -0.4 is 0 Å². The lowest BCUT2D eigenvalue weighted by Gasteiger charge is -2.00. The molecule has 1 aromatic rings. The van der Waals surface area contributed by atoms with E-state index in [-0.39, 0.29) is 6.17 Å². The molecule has 2 rings (SSSR count). The zero-order valence-corrected chi connectivity index (χ0v) is 6.66. The van der Waals surface area contributed by atoms with Gasteiger partial charge in [-0.3, -0.25) is 4.79 Å². The van der Waals surface area contributed by atoms with Gasteiger partial charge < -0.3 is 0 Å². The summed E-state index contributed by atoms with van der Waals surface area (Å²) in [6.07, 6.45) is 0.409. The fraction of sp³-hybridized carbons (Fsp3) is 0.125. The summed E-state index contributed by atoms with van der Waals surface area (Å²) in [4.78, 5) is 10.5. The van der Waals surface area contributed by atoms with Crippen molar-refractivity contribution >= 4 is 6.29 Å². The van der Waals surface area contributed by atoms with Crippen LogP contribution in [0.25, 0.3) is 0 Å². The average Bonchev–Trinajstić information content (AvgIpc) is 2.71.